The molecule has 0 radical (unpaired) electrons. The molecular weight excluding hydrogens is 232 g/mol. The van der Waals surface area contributed by atoms with E-state index in [9.17, 15) is 9.59 Å². The van der Waals surface area contributed by atoms with E-state index >= 15 is 0 Å². The van der Waals surface area contributed by atoms with Crippen LogP contribution in [0.25, 0.3) is 0 Å². The van der Waals surface area contributed by atoms with Gasteiger partial charge in [-0.1, -0.05) is 0 Å². The Morgan fingerprint density at radius 1 is 1.06 bits per heavy atom. The Hall–Kier alpha value is -1.18. The Kier molecular flexibility index (Phi) is 5.53. The molecule has 7 heteroatoms. The lowest BCUT2D eigenvalue weighted by Gasteiger charge is -2.27. The number of carbonyl (C=O) groups excluding carboxylic acids is 1. The maximum absolute atomic E-state index is 11.5. The molecule has 0 atom stereocenters. The molecule has 0 unspecified atom stereocenters. The minimum atomic E-state index is -1.92. The average molecular weight is 250 g/mol. The highest BCUT2D eigenvalue weighted by Crippen LogP contribution is 2.21. The van der Waals surface area contributed by atoms with E-state index in [4.69, 9.17) is 25.2 Å². The minimum Gasteiger partial charge on any atom is -0.481 e. The smallest absolute Gasteiger partial charge is 0.317 e. The molecule has 0 aromatic rings. The molecule has 4 N–H and O–H groups in total. The molecule has 0 rings (SSSR count). The highest BCUT2D eigenvalue weighted by atomic mass is 16.5. The van der Waals surface area contributed by atoms with Gasteiger partial charge in [0.15, 0.2) is 0 Å². The van der Waals surface area contributed by atoms with Crippen molar-refractivity contribution in [3.63, 3.8) is 0 Å². The van der Waals surface area contributed by atoms with Gasteiger partial charge in [-0.3, -0.25) is 9.59 Å². The first-order chi connectivity index (χ1) is 7.75. The summed E-state index contributed by atoms with van der Waals surface area (Å²) < 4.78 is 4.71. The number of rotatable bonds is 7. The van der Waals surface area contributed by atoms with Crippen molar-refractivity contribution in [3.8, 4) is 0 Å². The largest absolute Gasteiger partial charge is 0.481 e. The minimum absolute atomic E-state index is 0.454. The highest BCUT2D eigenvalue weighted by molar-refractivity contribution is 5.78. The number of carboxylic acids is 1. The van der Waals surface area contributed by atoms with Crippen LogP contribution < -0.4 is 0 Å². The van der Waals surface area contributed by atoms with Crippen molar-refractivity contribution in [3.05, 3.63) is 0 Å². The van der Waals surface area contributed by atoms with Gasteiger partial charge in [-0.25, -0.2) is 0 Å². The third-order valence-electron chi connectivity index (χ3n) is 2.49. The second-order valence-electron chi connectivity index (χ2n) is 4.52. The summed E-state index contributed by atoms with van der Waals surface area (Å²) in [6, 6.07) is 0. The van der Waals surface area contributed by atoms with Crippen LogP contribution in [0.1, 0.15) is 13.8 Å². The number of carbonyl (C=O) groups is 2. The summed E-state index contributed by atoms with van der Waals surface area (Å²) in [7, 11) is 0. The molecule has 0 aromatic heterocycles. The topological polar surface area (TPSA) is 124 Å². The van der Waals surface area contributed by atoms with Gasteiger partial charge >= 0.3 is 11.9 Å². The number of aliphatic carboxylic acids is 1. The van der Waals surface area contributed by atoms with Crippen LogP contribution in [-0.2, 0) is 14.3 Å². The van der Waals surface area contributed by atoms with Crippen LogP contribution in [0, 0.1) is 10.8 Å². The van der Waals surface area contributed by atoms with E-state index in [0.29, 0.717) is 0 Å². The molecule has 0 saturated heterocycles. The zero-order chi connectivity index (χ0) is 13.7. The van der Waals surface area contributed by atoms with Crippen LogP contribution >= 0.6 is 0 Å². The lowest BCUT2D eigenvalue weighted by molar-refractivity contribution is -0.171. The van der Waals surface area contributed by atoms with Crippen LogP contribution in [0.15, 0.2) is 0 Å². The molecule has 0 saturated carbocycles. The molecule has 0 bridgehead atoms. The van der Waals surface area contributed by atoms with E-state index in [1.807, 2.05) is 0 Å². The first-order valence-electron chi connectivity index (χ1n) is 4.99. The standard InChI is InChI=1S/C10H18O7/c1-9(2,3-11)8(16)17-6-10(4-12,5-13)7(14)15/h11-13H,3-6H2,1-2H3,(H,14,15). The van der Waals surface area contributed by atoms with Gasteiger partial charge < -0.3 is 25.2 Å². The molecule has 0 heterocycles. The summed E-state index contributed by atoms with van der Waals surface area (Å²) >= 11 is 0. The van der Waals surface area contributed by atoms with E-state index < -0.39 is 49.2 Å². The maximum Gasteiger partial charge on any atom is 0.317 e. The van der Waals surface area contributed by atoms with Crippen molar-refractivity contribution in [1.82, 2.24) is 0 Å². The Labute approximate surface area is 98.6 Å². The van der Waals surface area contributed by atoms with E-state index in [2.05, 4.69) is 0 Å². The average Bonchev–Trinajstić information content (AvgIpc) is 2.30. The van der Waals surface area contributed by atoms with Gasteiger partial charge in [0.25, 0.3) is 0 Å². The summed E-state index contributed by atoms with van der Waals surface area (Å²) in [6.45, 7) is 0.0322. The molecule has 0 spiro atoms. The van der Waals surface area contributed by atoms with Crippen LogP contribution in [-0.4, -0.2) is 58.8 Å². The Morgan fingerprint density at radius 2 is 1.53 bits per heavy atom. The lowest BCUT2D eigenvalue weighted by Crippen LogP contribution is -2.44. The van der Waals surface area contributed by atoms with E-state index in [1.165, 1.54) is 13.8 Å². The predicted octanol–water partition coefficient (Wildman–Crippen LogP) is -1.40. The molecular formula is C10H18O7. The van der Waals surface area contributed by atoms with Crippen LogP contribution in [0.2, 0.25) is 0 Å². The van der Waals surface area contributed by atoms with Gasteiger partial charge in [0, 0.05) is 0 Å². The Morgan fingerprint density at radius 3 is 1.82 bits per heavy atom. The van der Waals surface area contributed by atoms with Crippen molar-refractivity contribution < 1.29 is 34.8 Å². The lowest BCUT2D eigenvalue weighted by atomic mass is 9.91. The maximum atomic E-state index is 11.5. The van der Waals surface area contributed by atoms with Crippen LogP contribution in [0.3, 0.4) is 0 Å². The van der Waals surface area contributed by atoms with Crippen molar-refractivity contribution in [2.24, 2.45) is 10.8 Å². The summed E-state index contributed by atoms with van der Waals surface area (Å²) in [5.74, 6) is -2.26. The number of hydrogen-bond donors (Lipinski definition) is 4. The van der Waals surface area contributed by atoms with Gasteiger partial charge in [0.1, 0.15) is 12.0 Å². The quantitative estimate of drug-likeness (QED) is 0.410. The van der Waals surface area contributed by atoms with E-state index in [0.717, 1.165) is 0 Å². The van der Waals surface area contributed by atoms with Crippen LogP contribution in [0.5, 0.6) is 0 Å². The number of carboxylic acid groups (broad SMARTS) is 1. The fourth-order valence-electron chi connectivity index (χ4n) is 0.802. The van der Waals surface area contributed by atoms with Gasteiger partial charge in [-0.05, 0) is 13.8 Å². The second-order valence-corrected chi connectivity index (χ2v) is 4.52. The van der Waals surface area contributed by atoms with E-state index in [-0.39, 0.29) is 0 Å². The van der Waals surface area contributed by atoms with Crippen molar-refractivity contribution in [1.29, 1.82) is 0 Å². The van der Waals surface area contributed by atoms with E-state index in [1.54, 1.807) is 0 Å². The molecule has 7 nitrogen and oxygen atoms in total. The number of aliphatic hydroxyl groups is 3. The van der Waals surface area contributed by atoms with Crippen LogP contribution in [0.4, 0.5) is 0 Å². The summed E-state index contributed by atoms with van der Waals surface area (Å²) in [4.78, 5) is 22.3. The third kappa shape index (κ3) is 3.65. The van der Waals surface area contributed by atoms with Crippen molar-refractivity contribution in [2.45, 2.75) is 13.8 Å². The number of esters is 1. The fraction of sp³-hybridized carbons (Fsp3) is 0.800. The Bertz CT molecular complexity index is 280. The van der Waals surface area contributed by atoms with Crippen molar-refractivity contribution >= 4 is 11.9 Å². The molecule has 0 aliphatic heterocycles. The zero-order valence-electron chi connectivity index (χ0n) is 9.84. The second kappa shape index (κ2) is 5.95. The molecule has 17 heavy (non-hydrogen) atoms. The fourth-order valence-corrected chi connectivity index (χ4v) is 0.802. The van der Waals surface area contributed by atoms with Gasteiger partial charge in [0.2, 0.25) is 0 Å². The molecule has 100 valence electrons. The molecule has 0 aliphatic carbocycles. The van der Waals surface area contributed by atoms with Gasteiger partial charge in [-0.2, -0.15) is 0 Å². The summed E-state index contributed by atoms with van der Waals surface area (Å²) in [6.07, 6.45) is 0. The van der Waals surface area contributed by atoms with Gasteiger partial charge in [0.05, 0.1) is 25.2 Å². The first kappa shape index (κ1) is 15.8. The number of aliphatic hydroxyl groups excluding tert-OH is 3. The Balaban J connectivity index is 4.63. The molecule has 0 aliphatic rings. The van der Waals surface area contributed by atoms with Crippen molar-refractivity contribution in [2.75, 3.05) is 26.4 Å². The monoisotopic (exact) mass is 250 g/mol. The van der Waals surface area contributed by atoms with Gasteiger partial charge in [-0.15, -0.1) is 0 Å². The zero-order valence-corrected chi connectivity index (χ0v) is 9.84. The highest BCUT2D eigenvalue weighted by Gasteiger charge is 2.40. The third-order valence-corrected chi connectivity index (χ3v) is 2.49. The normalized spacial score (nSPS) is 12.3. The molecule has 0 aromatic carbocycles. The molecule has 0 amide bonds. The number of hydrogen-bond acceptors (Lipinski definition) is 6. The SMILES string of the molecule is CC(C)(CO)C(=O)OCC(CO)(CO)C(=O)O. The summed E-state index contributed by atoms with van der Waals surface area (Å²) in [5, 5.41) is 35.6. The predicted molar refractivity (Wildman–Crippen MR) is 56.1 cm³/mol. The first-order valence-corrected chi connectivity index (χ1v) is 4.99. The number of ether oxygens (including phenoxy) is 1. The summed E-state index contributed by atoms with van der Waals surface area (Å²) in [5.41, 5.74) is -3.07. The molecule has 0 fully saturated rings.